The van der Waals surface area contributed by atoms with E-state index in [1.807, 2.05) is 36.4 Å². The van der Waals surface area contributed by atoms with Crippen molar-refractivity contribution in [1.82, 2.24) is 0 Å². The van der Waals surface area contributed by atoms with Crippen LogP contribution in [0.3, 0.4) is 0 Å². The molecule has 8 nitrogen and oxygen atoms in total. The fourth-order valence-corrected chi connectivity index (χ4v) is 20.6. The van der Waals surface area contributed by atoms with Crippen LogP contribution in [0, 0.1) is 80.8 Å². The smallest absolute Gasteiger partial charge is 0.135 e. The van der Waals surface area contributed by atoms with Crippen molar-refractivity contribution in [3.05, 3.63) is 82.0 Å². The molecule has 0 aromatic heterocycles. The standard InChI is InChI=1S/C74H108N2O6.Cr/c1-45(57-27-29-59-55-25-21-49-39-53(79)31-35-71(49,9)61(55)33-37-73(57,59)11)19-23-51(77)41-65(75-43-47-15-13-17-63(67(47)81)69(3,4)5)66(76-44-48-16-14-18-64(68(48)82)70(6,7)8)42-52(78)24-20-46(2)58-28-30-60-56-26-22-50-40-54(80)32-36-72(50,10)62(56)34-38-74(58,60)12;/h13-18,21-22,43-46,53-62,65-66,79-82H,19-20,23-42H2,1-12H3;/t45-,46-,53?,54?,55?,56?,57?,58?,59?,60?,61?,62?,65+,66+,71-,72-,73+,74+;/m0./s1. The van der Waals surface area contributed by atoms with E-state index in [4.69, 9.17) is 9.98 Å². The van der Waals surface area contributed by atoms with Crippen LogP contribution in [0.25, 0.3) is 0 Å². The molecule has 6 saturated carbocycles. The van der Waals surface area contributed by atoms with Gasteiger partial charge in [0.2, 0.25) is 0 Å². The van der Waals surface area contributed by atoms with Crippen LogP contribution >= 0.6 is 0 Å². The maximum atomic E-state index is 14.8. The monoisotopic (exact) mass is 1170 g/mol. The third-order valence-electron chi connectivity index (χ3n) is 25.3. The minimum Gasteiger partial charge on any atom is -0.507 e. The van der Waals surface area contributed by atoms with Crippen LogP contribution in [-0.2, 0) is 37.8 Å². The Morgan fingerprint density at radius 1 is 0.566 bits per heavy atom. The molecule has 10 unspecified atom stereocenters. The summed E-state index contributed by atoms with van der Waals surface area (Å²) in [6.45, 7) is 27.5. The number of hydrogen-bond acceptors (Lipinski definition) is 8. The number of phenolic OH excluding ortho intramolecular Hbond substituents is 2. The van der Waals surface area contributed by atoms with Gasteiger partial charge in [-0.25, -0.2) is 0 Å². The average molecular weight is 1170 g/mol. The number of rotatable bonds is 17. The van der Waals surface area contributed by atoms with Crippen LogP contribution in [0.1, 0.15) is 247 Å². The van der Waals surface area contributed by atoms with Crippen molar-refractivity contribution in [3.8, 4) is 11.5 Å². The van der Waals surface area contributed by atoms with Crippen molar-refractivity contribution in [2.45, 2.75) is 259 Å². The Labute approximate surface area is 512 Å². The Balaban J connectivity index is 0.00000828. The van der Waals surface area contributed by atoms with Gasteiger partial charge in [-0.3, -0.25) is 19.6 Å². The summed E-state index contributed by atoms with van der Waals surface area (Å²) in [6, 6.07) is 10.2. The maximum absolute atomic E-state index is 14.8. The number of para-hydroxylation sites is 2. The number of fused-ring (bicyclic) bond motifs is 10. The molecule has 0 saturated heterocycles. The number of carbonyl (C=O) groups is 2. The number of benzene rings is 2. The van der Waals surface area contributed by atoms with E-state index < -0.39 is 12.1 Å². The number of aliphatic hydroxyl groups is 2. The second kappa shape index (κ2) is 24.7. The van der Waals surface area contributed by atoms with Crippen LogP contribution in [-0.4, -0.2) is 68.7 Å². The van der Waals surface area contributed by atoms with Crippen molar-refractivity contribution < 1.29 is 47.4 Å². The predicted molar refractivity (Wildman–Crippen MR) is 335 cm³/mol. The van der Waals surface area contributed by atoms with Gasteiger partial charge in [-0.1, -0.05) is 131 Å². The molecule has 8 aliphatic carbocycles. The molecular formula is C74H108CrN2O6. The second-order valence-corrected chi connectivity index (χ2v) is 32.0. The van der Waals surface area contributed by atoms with Gasteiger partial charge in [0.1, 0.15) is 23.1 Å². The van der Waals surface area contributed by atoms with E-state index in [0.717, 1.165) is 75.3 Å². The second-order valence-electron chi connectivity index (χ2n) is 32.0. The van der Waals surface area contributed by atoms with Crippen molar-refractivity contribution in [2.24, 2.45) is 90.8 Å². The Hall–Kier alpha value is -3.35. The van der Waals surface area contributed by atoms with Gasteiger partial charge in [-0.05, 0) is 231 Å². The molecule has 83 heavy (non-hydrogen) atoms. The van der Waals surface area contributed by atoms with Gasteiger partial charge in [0.05, 0.1) is 24.3 Å². The summed E-state index contributed by atoms with van der Waals surface area (Å²) in [5.74, 6) is 6.60. The zero-order valence-corrected chi connectivity index (χ0v) is 54.6. The summed E-state index contributed by atoms with van der Waals surface area (Å²) in [5, 5.41) is 44.6. The van der Waals surface area contributed by atoms with Crippen LogP contribution < -0.4 is 0 Å². The molecule has 0 aliphatic heterocycles. The third-order valence-corrected chi connectivity index (χ3v) is 25.3. The number of allylic oxidation sites excluding steroid dienone is 2. The van der Waals surface area contributed by atoms with E-state index in [1.165, 1.54) is 62.5 Å². The number of aliphatic hydroxyl groups excluding tert-OH is 2. The summed E-state index contributed by atoms with van der Waals surface area (Å²) >= 11 is 0. The summed E-state index contributed by atoms with van der Waals surface area (Å²) in [6.07, 6.45) is 28.8. The molecule has 9 heteroatoms. The number of carbonyl (C=O) groups excluding carboxylic acids is 2. The number of aromatic hydroxyl groups is 2. The zero-order chi connectivity index (χ0) is 58.9. The number of hydrogen-bond donors (Lipinski definition) is 4. The van der Waals surface area contributed by atoms with Crippen molar-refractivity contribution >= 4 is 24.0 Å². The molecule has 8 aliphatic rings. The van der Waals surface area contributed by atoms with Crippen molar-refractivity contribution in [1.29, 1.82) is 0 Å². The van der Waals surface area contributed by atoms with Gasteiger partial charge in [-0.15, -0.1) is 0 Å². The van der Waals surface area contributed by atoms with E-state index in [0.29, 0.717) is 83.1 Å². The first-order chi connectivity index (χ1) is 38.7. The van der Waals surface area contributed by atoms with Crippen molar-refractivity contribution in [2.75, 3.05) is 0 Å². The van der Waals surface area contributed by atoms with Crippen LogP contribution in [0.5, 0.6) is 11.5 Å². The zero-order valence-electron chi connectivity index (χ0n) is 53.3. The Kier molecular flexibility index (Phi) is 19.1. The van der Waals surface area contributed by atoms with Gasteiger partial charge < -0.3 is 20.4 Å². The first-order valence-corrected chi connectivity index (χ1v) is 33.2. The van der Waals surface area contributed by atoms with Crippen LogP contribution in [0.15, 0.2) is 69.7 Å². The number of phenols is 2. The number of Topliss-reactive ketones (excluding diaryl/α,β-unsaturated/α-hetero) is 2. The quantitative estimate of drug-likeness (QED) is 0.0919. The number of nitrogens with zero attached hydrogens (tertiary/aromatic N) is 2. The third kappa shape index (κ3) is 12.5. The molecule has 0 bridgehead atoms. The van der Waals surface area contributed by atoms with E-state index in [-0.39, 0.29) is 98.0 Å². The molecule has 2 aromatic rings. The SMILES string of the molecule is C[C@@H](CCC(=O)C[C@@H](N=Cc1cccc(C(C)(C)C)c1O)[C@@H](CC(=O)CC[C@H](C)C1CCC2C3CC=C4CC(O)CC[C@]4(C)C3CC[C@@]21C)N=Cc1cccc(C(C)(C)C)c1O)C1CCC2C3CC=C4CC(O)CC[C@]4(C)C3CC[C@@]21C.[Cr]. The van der Waals surface area contributed by atoms with E-state index >= 15 is 0 Å². The van der Waals surface area contributed by atoms with Gasteiger partial charge in [0.25, 0.3) is 0 Å². The normalized spacial score (nSPS) is 36.5. The molecule has 18 atom stereocenters. The number of ketones is 2. The largest absolute Gasteiger partial charge is 0.507 e. The molecule has 10 rings (SSSR count). The van der Waals surface area contributed by atoms with Crippen LogP contribution in [0.4, 0.5) is 0 Å². The molecule has 6 fully saturated rings. The summed E-state index contributed by atoms with van der Waals surface area (Å²) < 4.78 is 0. The van der Waals surface area contributed by atoms with Crippen LogP contribution in [0.2, 0.25) is 0 Å². The fraction of sp³-hybridized carbons (Fsp3) is 0.730. The van der Waals surface area contributed by atoms with Crippen molar-refractivity contribution in [3.63, 3.8) is 0 Å². The Bertz CT molecular complexity index is 2610. The minimum atomic E-state index is -0.676. The van der Waals surface area contributed by atoms with Gasteiger partial charge in [0.15, 0.2) is 0 Å². The maximum Gasteiger partial charge on any atom is 0.135 e. The first-order valence-electron chi connectivity index (χ1n) is 33.2. The molecule has 0 heterocycles. The molecule has 0 spiro atoms. The number of aliphatic imine (C=N–C) groups is 2. The Morgan fingerprint density at radius 3 is 1.33 bits per heavy atom. The van der Waals surface area contributed by atoms with Gasteiger partial charge in [-0.2, -0.15) is 0 Å². The summed E-state index contributed by atoms with van der Waals surface area (Å²) in [4.78, 5) is 40.1. The van der Waals surface area contributed by atoms with E-state index in [2.05, 4.69) is 95.2 Å². The topological polar surface area (TPSA) is 140 Å². The molecule has 456 valence electrons. The van der Waals surface area contributed by atoms with E-state index in [9.17, 15) is 30.0 Å². The molecule has 0 amide bonds. The molecule has 2 aromatic carbocycles. The summed E-state index contributed by atoms with van der Waals surface area (Å²) in [5.41, 5.74) is 6.12. The van der Waals surface area contributed by atoms with E-state index in [1.54, 1.807) is 12.4 Å². The average Bonchev–Trinajstić information content (AvgIpc) is 3.92. The summed E-state index contributed by atoms with van der Waals surface area (Å²) in [7, 11) is 0. The first kappa shape index (κ1) is 64.1. The van der Waals surface area contributed by atoms with Gasteiger partial charge >= 0.3 is 0 Å². The minimum absolute atomic E-state index is 0. The van der Waals surface area contributed by atoms with Gasteiger partial charge in [0, 0.05) is 66.6 Å². The molecule has 0 radical (unpaired) electrons. The molecule has 4 N–H and O–H groups in total. The predicted octanol–water partition coefficient (Wildman–Crippen LogP) is 16.6. The Morgan fingerprint density at radius 2 is 0.952 bits per heavy atom. The molecular weight excluding hydrogens is 1060 g/mol. The fourth-order valence-electron chi connectivity index (χ4n) is 20.6.